The second-order valence-electron chi connectivity index (χ2n) is 5.19. The van der Waals surface area contributed by atoms with Crippen molar-refractivity contribution in [3.8, 4) is 0 Å². The Balaban J connectivity index is 1.77. The first-order valence-electron chi connectivity index (χ1n) is 6.29. The van der Waals surface area contributed by atoms with Gasteiger partial charge in [-0.1, -0.05) is 0 Å². The largest absolute Gasteiger partial charge is 0.480 e. The molecule has 3 N–H and O–H groups in total. The number of hydrogen-bond acceptors (Lipinski definition) is 4. The Morgan fingerprint density at radius 3 is 2.90 bits per heavy atom. The lowest BCUT2D eigenvalue weighted by atomic mass is 9.97. The third kappa shape index (κ3) is 3.27. The predicted octanol–water partition coefficient (Wildman–Crippen LogP) is 0.356. The molecule has 1 fully saturated rings. The van der Waals surface area contributed by atoms with Gasteiger partial charge in [0.15, 0.2) is 0 Å². The summed E-state index contributed by atoms with van der Waals surface area (Å²) in [6.07, 6.45) is 3.38. The molecule has 1 aromatic rings. The molecule has 8 nitrogen and oxygen atoms in total. The number of urea groups is 1. The molecular weight excluding hydrogens is 264 g/mol. The monoisotopic (exact) mass is 282 g/mol. The molecule has 2 heterocycles. The van der Waals surface area contributed by atoms with Gasteiger partial charge in [-0.3, -0.25) is 5.10 Å². The zero-order valence-corrected chi connectivity index (χ0v) is 11.4. The number of carboxylic acids is 1. The fourth-order valence-corrected chi connectivity index (χ4v) is 2.09. The number of carboxylic acid groups (broad SMARTS) is 1. The SMILES string of the molecule is CC(NC(=O)N1CC(C)(OCC(=O)O)C1)c1cn[nH]c1. The van der Waals surface area contributed by atoms with Gasteiger partial charge in [0.05, 0.1) is 25.3 Å². The Labute approximate surface area is 116 Å². The Morgan fingerprint density at radius 2 is 2.35 bits per heavy atom. The second-order valence-corrected chi connectivity index (χ2v) is 5.19. The summed E-state index contributed by atoms with van der Waals surface area (Å²) in [7, 11) is 0. The standard InChI is InChI=1S/C12H18N4O4/c1-8(9-3-13-14-4-9)15-11(19)16-6-12(2,7-16)20-5-10(17)18/h3-4,8H,5-7H2,1-2H3,(H,13,14)(H,15,19)(H,17,18). The smallest absolute Gasteiger partial charge is 0.329 e. The Bertz CT molecular complexity index is 482. The molecule has 8 heteroatoms. The minimum Gasteiger partial charge on any atom is -0.480 e. The second kappa shape index (κ2) is 5.49. The summed E-state index contributed by atoms with van der Waals surface area (Å²) in [4.78, 5) is 24.0. The average molecular weight is 282 g/mol. The normalized spacial score (nSPS) is 18.2. The highest BCUT2D eigenvalue weighted by Crippen LogP contribution is 2.25. The molecule has 0 saturated carbocycles. The summed E-state index contributed by atoms with van der Waals surface area (Å²) >= 11 is 0. The number of aliphatic carboxylic acids is 1. The summed E-state index contributed by atoms with van der Waals surface area (Å²) in [6.45, 7) is 4.06. The van der Waals surface area contributed by atoms with Gasteiger partial charge in [-0.05, 0) is 13.8 Å². The van der Waals surface area contributed by atoms with Crippen LogP contribution in [0.15, 0.2) is 12.4 Å². The molecule has 0 aromatic carbocycles. The predicted molar refractivity (Wildman–Crippen MR) is 69.1 cm³/mol. The molecule has 110 valence electrons. The van der Waals surface area contributed by atoms with Gasteiger partial charge in [-0.25, -0.2) is 9.59 Å². The Kier molecular flexibility index (Phi) is 3.93. The van der Waals surface area contributed by atoms with Crippen LogP contribution in [0.1, 0.15) is 25.5 Å². The fraction of sp³-hybridized carbons (Fsp3) is 0.583. The lowest BCUT2D eigenvalue weighted by Crippen LogP contribution is -2.65. The molecule has 0 aliphatic carbocycles. The van der Waals surface area contributed by atoms with Crippen LogP contribution in [0, 0.1) is 0 Å². The van der Waals surface area contributed by atoms with Gasteiger partial charge < -0.3 is 20.1 Å². The summed E-state index contributed by atoms with van der Waals surface area (Å²) in [6, 6.07) is -0.344. The summed E-state index contributed by atoms with van der Waals surface area (Å²) in [5.41, 5.74) is 0.318. The van der Waals surface area contributed by atoms with Crippen molar-refractivity contribution in [3.63, 3.8) is 0 Å². The van der Waals surface area contributed by atoms with Crippen molar-refractivity contribution in [2.75, 3.05) is 19.7 Å². The van der Waals surface area contributed by atoms with Gasteiger partial charge in [-0.2, -0.15) is 5.10 Å². The van der Waals surface area contributed by atoms with Crippen molar-refractivity contribution in [1.82, 2.24) is 20.4 Å². The van der Waals surface area contributed by atoms with Crippen LogP contribution in [0.25, 0.3) is 0 Å². The maximum absolute atomic E-state index is 12.0. The van der Waals surface area contributed by atoms with Gasteiger partial charge in [0, 0.05) is 11.8 Å². The first-order valence-corrected chi connectivity index (χ1v) is 6.29. The number of nitrogens with zero attached hydrogens (tertiary/aromatic N) is 2. The van der Waals surface area contributed by atoms with E-state index in [0.29, 0.717) is 13.1 Å². The van der Waals surface area contributed by atoms with Crippen LogP contribution in [-0.2, 0) is 9.53 Å². The molecule has 1 unspecified atom stereocenters. The van der Waals surface area contributed by atoms with Crippen molar-refractivity contribution in [1.29, 1.82) is 0 Å². The molecule has 1 aliphatic heterocycles. The van der Waals surface area contributed by atoms with Crippen molar-refractivity contribution in [2.45, 2.75) is 25.5 Å². The molecule has 0 radical (unpaired) electrons. The number of aromatic nitrogens is 2. The number of nitrogens with one attached hydrogen (secondary N) is 2. The Hall–Kier alpha value is -2.09. The molecule has 2 amide bonds. The number of aromatic amines is 1. The fourth-order valence-electron chi connectivity index (χ4n) is 2.09. The molecule has 1 aliphatic rings. The van der Waals surface area contributed by atoms with Gasteiger partial charge in [0.2, 0.25) is 0 Å². The molecule has 0 bridgehead atoms. The number of amides is 2. The number of H-pyrrole nitrogens is 1. The quantitative estimate of drug-likeness (QED) is 0.722. The minimum absolute atomic E-state index is 0.145. The molecule has 1 aromatic heterocycles. The third-order valence-electron chi connectivity index (χ3n) is 3.24. The lowest BCUT2D eigenvalue weighted by molar-refractivity contribution is -0.159. The van der Waals surface area contributed by atoms with Gasteiger partial charge in [0.1, 0.15) is 12.2 Å². The number of hydrogen-bond donors (Lipinski definition) is 3. The van der Waals surface area contributed by atoms with Gasteiger partial charge in [-0.15, -0.1) is 0 Å². The zero-order chi connectivity index (χ0) is 14.8. The minimum atomic E-state index is -1.01. The lowest BCUT2D eigenvalue weighted by Gasteiger charge is -2.47. The molecule has 2 rings (SSSR count). The zero-order valence-electron chi connectivity index (χ0n) is 11.4. The highest BCUT2D eigenvalue weighted by Gasteiger charge is 2.43. The van der Waals surface area contributed by atoms with Crippen molar-refractivity contribution >= 4 is 12.0 Å². The van der Waals surface area contributed by atoms with Crippen LogP contribution < -0.4 is 5.32 Å². The first-order chi connectivity index (χ1) is 9.39. The highest BCUT2D eigenvalue weighted by molar-refractivity contribution is 5.76. The van der Waals surface area contributed by atoms with E-state index in [1.807, 2.05) is 6.92 Å². The van der Waals surface area contributed by atoms with E-state index in [1.54, 1.807) is 24.2 Å². The molecule has 20 heavy (non-hydrogen) atoms. The highest BCUT2D eigenvalue weighted by atomic mass is 16.5. The summed E-state index contributed by atoms with van der Waals surface area (Å²) in [5.74, 6) is -1.01. The first kappa shape index (κ1) is 14.3. The van der Waals surface area contributed by atoms with E-state index in [9.17, 15) is 9.59 Å². The summed E-state index contributed by atoms with van der Waals surface area (Å²) in [5, 5.41) is 17.9. The molecule has 0 spiro atoms. The molecule has 1 saturated heterocycles. The summed E-state index contributed by atoms with van der Waals surface area (Å²) < 4.78 is 5.25. The number of ether oxygens (including phenoxy) is 1. The number of carbonyl (C=O) groups excluding carboxylic acids is 1. The number of carbonyl (C=O) groups is 2. The van der Waals surface area contributed by atoms with E-state index in [2.05, 4.69) is 15.5 Å². The average Bonchev–Trinajstić information content (AvgIpc) is 2.86. The van der Waals surface area contributed by atoms with Crippen molar-refractivity contribution in [2.24, 2.45) is 0 Å². The van der Waals surface area contributed by atoms with E-state index in [1.165, 1.54) is 0 Å². The van der Waals surface area contributed by atoms with E-state index in [0.717, 1.165) is 5.56 Å². The van der Waals surface area contributed by atoms with Crippen LogP contribution in [0.3, 0.4) is 0 Å². The van der Waals surface area contributed by atoms with Gasteiger partial charge in [0.25, 0.3) is 0 Å². The van der Waals surface area contributed by atoms with Crippen LogP contribution in [0.2, 0.25) is 0 Å². The van der Waals surface area contributed by atoms with Crippen LogP contribution in [0.5, 0.6) is 0 Å². The number of rotatable bonds is 5. The van der Waals surface area contributed by atoms with E-state index in [-0.39, 0.29) is 18.7 Å². The third-order valence-corrected chi connectivity index (χ3v) is 3.24. The topological polar surface area (TPSA) is 108 Å². The molecular formula is C12H18N4O4. The molecule has 1 atom stereocenters. The van der Waals surface area contributed by atoms with E-state index >= 15 is 0 Å². The maximum atomic E-state index is 12.0. The maximum Gasteiger partial charge on any atom is 0.329 e. The van der Waals surface area contributed by atoms with Crippen LogP contribution >= 0.6 is 0 Å². The van der Waals surface area contributed by atoms with E-state index in [4.69, 9.17) is 9.84 Å². The van der Waals surface area contributed by atoms with Gasteiger partial charge >= 0.3 is 12.0 Å². The van der Waals surface area contributed by atoms with Crippen LogP contribution in [0.4, 0.5) is 4.79 Å². The number of likely N-dealkylation sites (tertiary alicyclic amines) is 1. The van der Waals surface area contributed by atoms with Crippen molar-refractivity contribution < 1.29 is 19.4 Å². The Morgan fingerprint density at radius 1 is 1.65 bits per heavy atom. The van der Waals surface area contributed by atoms with E-state index < -0.39 is 11.6 Å². The van der Waals surface area contributed by atoms with Crippen LogP contribution in [-0.4, -0.2) is 57.5 Å². The van der Waals surface area contributed by atoms with Crippen molar-refractivity contribution in [3.05, 3.63) is 18.0 Å².